The first kappa shape index (κ1) is 8.92. The van der Waals surface area contributed by atoms with Crippen molar-refractivity contribution in [2.75, 3.05) is 13.7 Å². The molecule has 0 saturated heterocycles. The van der Waals surface area contributed by atoms with Crippen LogP contribution in [0.25, 0.3) is 0 Å². The average Bonchev–Trinajstić information content (AvgIpc) is 1.65. The summed E-state index contributed by atoms with van der Waals surface area (Å²) in [5.41, 5.74) is -0.116. The van der Waals surface area contributed by atoms with Gasteiger partial charge in [-0.2, -0.15) is 0 Å². The molecule has 56 valence electrons. The summed E-state index contributed by atoms with van der Waals surface area (Å²) in [6.45, 7) is 6.33. The molecule has 0 aliphatic rings. The molecule has 0 saturated carbocycles. The van der Waals surface area contributed by atoms with Gasteiger partial charge in [0.1, 0.15) is 0 Å². The zero-order valence-electron chi connectivity index (χ0n) is 6.64. The second-order valence-electron chi connectivity index (χ2n) is 3.10. The first-order chi connectivity index (χ1) is 4.00. The Kier molecular flexibility index (Phi) is 3.15. The largest absolute Gasteiger partial charge is 0.393 e. The maximum Gasteiger partial charge on any atom is 0.0585 e. The Labute approximate surface area is 56.8 Å². The second kappa shape index (κ2) is 3.18. The molecular formula is C7H16O2. The van der Waals surface area contributed by atoms with Crippen LogP contribution in [0, 0.1) is 5.41 Å². The molecule has 1 atom stereocenters. The SMILES string of the molecule is COCC(C)(C)C(C)O. The number of aliphatic hydroxyl groups excluding tert-OH is 1. The molecule has 0 radical (unpaired) electrons. The fourth-order valence-electron chi connectivity index (χ4n) is 0.493. The quantitative estimate of drug-likeness (QED) is 0.621. The molecule has 1 unspecified atom stereocenters. The summed E-state index contributed by atoms with van der Waals surface area (Å²) in [4.78, 5) is 0. The lowest BCUT2D eigenvalue weighted by atomic mass is 9.89. The van der Waals surface area contributed by atoms with Crippen molar-refractivity contribution in [2.45, 2.75) is 26.9 Å². The van der Waals surface area contributed by atoms with Crippen LogP contribution in [-0.4, -0.2) is 24.9 Å². The molecule has 2 nitrogen and oxygen atoms in total. The topological polar surface area (TPSA) is 29.5 Å². The van der Waals surface area contributed by atoms with Crippen LogP contribution in [0.1, 0.15) is 20.8 Å². The van der Waals surface area contributed by atoms with Crippen molar-refractivity contribution in [1.82, 2.24) is 0 Å². The van der Waals surface area contributed by atoms with Crippen LogP contribution >= 0.6 is 0 Å². The van der Waals surface area contributed by atoms with Crippen molar-refractivity contribution >= 4 is 0 Å². The van der Waals surface area contributed by atoms with Gasteiger partial charge in [-0.25, -0.2) is 0 Å². The zero-order valence-corrected chi connectivity index (χ0v) is 6.64. The smallest absolute Gasteiger partial charge is 0.0585 e. The monoisotopic (exact) mass is 132 g/mol. The molecule has 0 rings (SSSR count). The molecule has 2 heteroatoms. The van der Waals surface area contributed by atoms with Gasteiger partial charge >= 0.3 is 0 Å². The van der Waals surface area contributed by atoms with Gasteiger partial charge in [0, 0.05) is 12.5 Å². The highest BCUT2D eigenvalue weighted by molar-refractivity contribution is 4.72. The van der Waals surface area contributed by atoms with Crippen LogP contribution in [0.2, 0.25) is 0 Å². The maximum atomic E-state index is 9.13. The molecule has 0 aromatic rings. The van der Waals surface area contributed by atoms with E-state index >= 15 is 0 Å². The minimum Gasteiger partial charge on any atom is -0.393 e. The summed E-state index contributed by atoms with van der Waals surface area (Å²) in [5, 5.41) is 9.13. The number of hydrogen-bond acceptors (Lipinski definition) is 2. The first-order valence-corrected chi connectivity index (χ1v) is 3.17. The fourth-order valence-corrected chi connectivity index (χ4v) is 0.493. The Morgan fingerprint density at radius 1 is 1.56 bits per heavy atom. The van der Waals surface area contributed by atoms with E-state index in [2.05, 4.69) is 0 Å². The van der Waals surface area contributed by atoms with Gasteiger partial charge in [0.15, 0.2) is 0 Å². The van der Waals surface area contributed by atoms with Crippen LogP contribution in [0.5, 0.6) is 0 Å². The lowest BCUT2D eigenvalue weighted by molar-refractivity contribution is 0.00251. The summed E-state index contributed by atoms with van der Waals surface area (Å²) in [6, 6.07) is 0. The molecule has 0 aliphatic carbocycles. The number of rotatable bonds is 3. The second-order valence-corrected chi connectivity index (χ2v) is 3.10. The van der Waals surface area contributed by atoms with Gasteiger partial charge in [-0.3, -0.25) is 0 Å². The Hall–Kier alpha value is -0.0800. The molecule has 0 spiro atoms. The van der Waals surface area contributed by atoms with Crippen molar-refractivity contribution in [2.24, 2.45) is 5.41 Å². The minimum atomic E-state index is -0.308. The summed E-state index contributed by atoms with van der Waals surface area (Å²) in [5.74, 6) is 0. The maximum absolute atomic E-state index is 9.13. The van der Waals surface area contributed by atoms with E-state index in [4.69, 9.17) is 9.84 Å². The Balaban J connectivity index is 3.70. The number of methoxy groups -OCH3 is 1. The van der Waals surface area contributed by atoms with Gasteiger partial charge in [-0.1, -0.05) is 13.8 Å². The summed E-state index contributed by atoms with van der Waals surface area (Å²) >= 11 is 0. The highest BCUT2D eigenvalue weighted by Gasteiger charge is 2.23. The van der Waals surface area contributed by atoms with Crippen LogP contribution < -0.4 is 0 Å². The molecule has 1 N–H and O–H groups in total. The van der Waals surface area contributed by atoms with E-state index in [1.54, 1.807) is 14.0 Å². The van der Waals surface area contributed by atoms with E-state index in [0.29, 0.717) is 6.61 Å². The number of hydrogen-bond donors (Lipinski definition) is 1. The van der Waals surface area contributed by atoms with E-state index in [9.17, 15) is 0 Å². The molecule has 0 aromatic carbocycles. The minimum absolute atomic E-state index is 0.116. The zero-order chi connectivity index (χ0) is 7.49. The predicted octanol–water partition coefficient (Wildman–Crippen LogP) is 1.04. The Morgan fingerprint density at radius 2 is 2.00 bits per heavy atom. The van der Waals surface area contributed by atoms with Crippen molar-refractivity contribution < 1.29 is 9.84 Å². The molecule has 0 fully saturated rings. The lowest BCUT2D eigenvalue weighted by Crippen LogP contribution is -2.30. The van der Waals surface area contributed by atoms with Gasteiger partial charge < -0.3 is 9.84 Å². The molecule has 0 bridgehead atoms. The molecular weight excluding hydrogens is 116 g/mol. The lowest BCUT2D eigenvalue weighted by Gasteiger charge is -2.26. The summed E-state index contributed by atoms with van der Waals surface area (Å²) in [6.07, 6.45) is -0.308. The third-order valence-corrected chi connectivity index (χ3v) is 1.65. The van der Waals surface area contributed by atoms with Crippen molar-refractivity contribution in [3.63, 3.8) is 0 Å². The van der Waals surface area contributed by atoms with Crippen LogP contribution in [0.3, 0.4) is 0 Å². The van der Waals surface area contributed by atoms with E-state index in [-0.39, 0.29) is 11.5 Å². The van der Waals surface area contributed by atoms with E-state index in [1.807, 2.05) is 13.8 Å². The Morgan fingerprint density at radius 3 is 2.11 bits per heavy atom. The summed E-state index contributed by atoms with van der Waals surface area (Å²) < 4.78 is 4.91. The van der Waals surface area contributed by atoms with Crippen molar-refractivity contribution in [3.8, 4) is 0 Å². The molecule has 0 amide bonds. The third kappa shape index (κ3) is 2.82. The van der Waals surface area contributed by atoms with E-state index in [0.717, 1.165) is 0 Å². The molecule has 0 aliphatic heterocycles. The van der Waals surface area contributed by atoms with Crippen LogP contribution in [-0.2, 0) is 4.74 Å². The summed E-state index contributed by atoms with van der Waals surface area (Å²) in [7, 11) is 1.64. The third-order valence-electron chi connectivity index (χ3n) is 1.65. The van der Waals surface area contributed by atoms with Crippen molar-refractivity contribution in [3.05, 3.63) is 0 Å². The van der Waals surface area contributed by atoms with Crippen LogP contribution in [0.4, 0.5) is 0 Å². The normalized spacial score (nSPS) is 15.7. The standard InChI is InChI=1S/C7H16O2/c1-6(8)7(2,3)5-9-4/h6,8H,5H2,1-4H3. The highest BCUT2D eigenvalue weighted by atomic mass is 16.5. The van der Waals surface area contributed by atoms with Gasteiger partial charge in [0.2, 0.25) is 0 Å². The van der Waals surface area contributed by atoms with Crippen molar-refractivity contribution in [1.29, 1.82) is 0 Å². The predicted molar refractivity (Wildman–Crippen MR) is 37.3 cm³/mol. The fraction of sp³-hybridized carbons (Fsp3) is 1.00. The highest BCUT2D eigenvalue weighted by Crippen LogP contribution is 2.19. The Bertz CT molecular complexity index is 77.0. The number of aliphatic hydroxyl groups is 1. The van der Waals surface area contributed by atoms with Gasteiger partial charge in [-0.15, -0.1) is 0 Å². The van der Waals surface area contributed by atoms with Gasteiger partial charge in [0.05, 0.1) is 12.7 Å². The van der Waals surface area contributed by atoms with Gasteiger partial charge in [-0.05, 0) is 6.92 Å². The number of ether oxygens (including phenoxy) is 1. The van der Waals surface area contributed by atoms with E-state index in [1.165, 1.54) is 0 Å². The van der Waals surface area contributed by atoms with Crippen LogP contribution in [0.15, 0.2) is 0 Å². The molecule has 9 heavy (non-hydrogen) atoms. The van der Waals surface area contributed by atoms with E-state index < -0.39 is 0 Å². The molecule has 0 heterocycles. The first-order valence-electron chi connectivity index (χ1n) is 3.17. The average molecular weight is 132 g/mol. The van der Waals surface area contributed by atoms with Gasteiger partial charge in [0.25, 0.3) is 0 Å². The molecule has 0 aromatic heterocycles.